The molecule has 33 heavy (non-hydrogen) atoms. The number of hydrogen-bond acceptors (Lipinski definition) is 4. The van der Waals surface area contributed by atoms with E-state index in [-0.39, 0.29) is 24.3 Å². The highest BCUT2D eigenvalue weighted by Crippen LogP contribution is 2.26. The molecule has 4 rings (SSSR count). The van der Waals surface area contributed by atoms with Crippen LogP contribution in [0.4, 0.5) is 5.69 Å². The highest BCUT2D eigenvalue weighted by Gasteiger charge is 2.27. The summed E-state index contributed by atoms with van der Waals surface area (Å²) >= 11 is 12.2. The summed E-state index contributed by atoms with van der Waals surface area (Å²) in [5, 5.41) is 6.85. The van der Waals surface area contributed by atoms with E-state index in [0.717, 1.165) is 24.9 Å². The van der Waals surface area contributed by atoms with E-state index < -0.39 is 0 Å². The van der Waals surface area contributed by atoms with Gasteiger partial charge in [-0.25, -0.2) is 0 Å². The number of para-hydroxylation sites is 1. The van der Waals surface area contributed by atoms with Crippen molar-refractivity contribution < 1.29 is 14.0 Å². The summed E-state index contributed by atoms with van der Waals surface area (Å²) in [6.45, 7) is 2.53. The average Bonchev–Trinajstić information content (AvgIpc) is 3.34. The summed E-state index contributed by atoms with van der Waals surface area (Å²) in [5.74, 6) is 0.141. The maximum atomic E-state index is 13.1. The van der Waals surface area contributed by atoms with Gasteiger partial charge in [-0.2, -0.15) is 0 Å². The Morgan fingerprint density at radius 3 is 2.70 bits per heavy atom. The van der Waals surface area contributed by atoms with E-state index in [1.807, 2.05) is 12.1 Å². The van der Waals surface area contributed by atoms with Crippen molar-refractivity contribution in [3.05, 3.63) is 87.8 Å². The van der Waals surface area contributed by atoms with Gasteiger partial charge in [0.1, 0.15) is 5.76 Å². The molecule has 0 radical (unpaired) electrons. The molecular weight excluding hydrogens is 461 g/mol. The molecule has 2 heterocycles. The topological polar surface area (TPSA) is 74.6 Å². The lowest BCUT2D eigenvalue weighted by molar-refractivity contribution is -0.121. The molecule has 8 heteroatoms. The highest BCUT2D eigenvalue weighted by molar-refractivity contribution is 6.42. The van der Waals surface area contributed by atoms with Crippen LogP contribution < -0.4 is 10.6 Å². The Bertz CT molecular complexity index is 1120. The zero-order chi connectivity index (χ0) is 23.2. The number of benzene rings is 2. The van der Waals surface area contributed by atoms with Gasteiger partial charge >= 0.3 is 0 Å². The van der Waals surface area contributed by atoms with Crippen LogP contribution in [0.1, 0.15) is 34.5 Å². The number of halogens is 2. The number of amides is 2. The second-order valence-electron chi connectivity index (χ2n) is 8.12. The van der Waals surface area contributed by atoms with Crippen molar-refractivity contribution in [1.82, 2.24) is 10.2 Å². The number of carbonyl (C=O) groups excluding carboxylic acids is 2. The van der Waals surface area contributed by atoms with E-state index in [9.17, 15) is 9.59 Å². The van der Waals surface area contributed by atoms with Crippen LogP contribution in [0.15, 0.2) is 65.3 Å². The molecule has 1 atom stereocenters. The number of likely N-dealkylation sites (tertiary alicyclic amines) is 1. The minimum absolute atomic E-state index is 0.0832. The zero-order valence-electron chi connectivity index (χ0n) is 18.0. The predicted molar refractivity (Wildman–Crippen MR) is 129 cm³/mol. The zero-order valence-corrected chi connectivity index (χ0v) is 19.5. The van der Waals surface area contributed by atoms with Gasteiger partial charge < -0.3 is 15.1 Å². The maximum absolute atomic E-state index is 13.1. The fourth-order valence-electron chi connectivity index (χ4n) is 4.01. The molecule has 2 aromatic carbocycles. The van der Waals surface area contributed by atoms with Crippen LogP contribution >= 0.6 is 23.2 Å². The van der Waals surface area contributed by atoms with Crippen molar-refractivity contribution in [1.29, 1.82) is 0 Å². The molecule has 1 aliphatic rings. The molecule has 2 amide bonds. The van der Waals surface area contributed by atoms with E-state index in [1.54, 1.807) is 48.7 Å². The molecule has 1 aliphatic heterocycles. The van der Waals surface area contributed by atoms with E-state index in [0.29, 0.717) is 40.1 Å². The quantitative estimate of drug-likeness (QED) is 0.471. The van der Waals surface area contributed by atoms with Crippen LogP contribution in [-0.2, 0) is 17.9 Å². The van der Waals surface area contributed by atoms with Gasteiger partial charge in [0.2, 0.25) is 5.91 Å². The monoisotopic (exact) mass is 485 g/mol. The summed E-state index contributed by atoms with van der Waals surface area (Å²) in [6, 6.07) is 16.2. The SMILES string of the molecule is O=C(NCc1ccco1)c1ccccc1NC(=O)C1CCCN(Cc2ccc(Cl)c(Cl)c2)C1. The molecule has 0 bridgehead atoms. The van der Waals surface area contributed by atoms with Crippen LogP contribution in [0.5, 0.6) is 0 Å². The second kappa shape index (κ2) is 10.9. The van der Waals surface area contributed by atoms with Crippen molar-refractivity contribution >= 4 is 40.7 Å². The molecule has 0 spiro atoms. The highest BCUT2D eigenvalue weighted by atomic mass is 35.5. The Kier molecular flexibility index (Phi) is 7.70. The fraction of sp³-hybridized carbons (Fsp3) is 0.280. The molecule has 0 saturated carbocycles. The number of nitrogens with zero attached hydrogens (tertiary/aromatic N) is 1. The Morgan fingerprint density at radius 1 is 1.06 bits per heavy atom. The normalized spacial score (nSPS) is 16.4. The molecule has 1 unspecified atom stereocenters. The number of nitrogens with one attached hydrogen (secondary N) is 2. The summed E-state index contributed by atoms with van der Waals surface area (Å²) in [5.41, 5.74) is 1.98. The number of carbonyl (C=O) groups is 2. The van der Waals surface area contributed by atoms with Gasteiger partial charge in [-0.05, 0) is 61.3 Å². The van der Waals surface area contributed by atoms with Gasteiger partial charge in [-0.3, -0.25) is 14.5 Å². The first-order valence-electron chi connectivity index (χ1n) is 10.9. The Labute approximate surface area is 202 Å². The van der Waals surface area contributed by atoms with Gasteiger partial charge in [0, 0.05) is 13.1 Å². The van der Waals surface area contributed by atoms with Crippen LogP contribution in [0.3, 0.4) is 0 Å². The van der Waals surface area contributed by atoms with Gasteiger partial charge in [0.15, 0.2) is 0 Å². The smallest absolute Gasteiger partial charge is 0.253 e. The minimum Gasteiger partial charge on any atom is -0.467 e. The number of piperidine rings is 1. The van der Waals surface area contributed by atoms with E-state index in [4.69, 9.17) is 27.6 Å². The average molecular weight is 486 g/mol. The molecule has 2 N–H and O–H groups in total. The van der Waals surface area contributed by atoms with Gasteiger partial charge in [0.05, 0.1) is 40.0 Å². The van der Waals surface area contributed by atoms with Gasteiger partial charge in [-0.1, -0.05) is 41.4 Å². The number of rotatable bonds is 7. The van der Waals surface area contributed by atoms with Crippen molar-refractivity contribution in [2.24, 2.45) is 5.92 Å². The maximum Gasteiger partial charge on any atom is 0.253 e. The first-order valence-corrected chi connectivity index (χ1v) is 11.6. The molecule has 172 valence electrons. The van der Waals surface area contributed by atoms with E-state index >= 15 is 0 Å². The lowest BCUT2D eigenvalue weighted by atomic mass is 9.96. The van der Waals surface area contributed by atoms with Crippen molar-refractivity contribution in [3.8, 4) is 0 Å². The van der Waals surface area contributed by atoms with Gasteiger partial charge in [0.25, 0.3) is 5.91 Å². The molecular formula is C25H25Cl2N3O3. The Balaban J connectivity index is 1.37. The number of hydrogen-bond donors (Lipinski definition) is 2. The van der Waals surface area contributed by atoms with Gasteiger partial charge in [-0.15, -0.1) is 0 Å². The lowest BCUT2D eigenvalue weighted by Crippen LogP contribution is -2.40. The third-order valence-corrected chi connectivity index (χ3v) is 6.44. The van der Waals surface area contributed by atoms with Crippen molar-refractivity contribution in [2.45, 2.75) is 25.9 Å². The molecule has 1 saturated heterocycles. The first kappa shape index (κ1) is 23.4. The Morgan fingerprint density at radius 2 is 1.91 bits per heavy atom. The first-order chi connectivity index (χ1) is 16.0. The number of anilines is 1. The van der Waals surface area contributed by atoms with E-state index in [1.165, 1.54) is 0 Å². The summed E-state index contributed by atoms with van der Waals surface area (Å²) in [7, 11) is 0. The third kappa shape index (κ3) is 6.16. The van der Waals surface area contributed by atoms with E-state index in [2.05, 4.69) is 15.5 Å². The fourth-order valence-corrected chi connectivity index (χ4v) is 4.33. The van der Waals surface area contributed by atoms with Crippen LogP contribution in [-0.4, -0.2) is 29.8 Å². The summed E-state index contributed by atoms with van der Waals surface area (Å²) in [6.07, 6.45) is 3.28. The summed E-state index contributed by atoms with van der Waals surface area (Å²) < 4.78 is 5.26. The lowest BCUT2D eigenvalue weighted by Gasteiger charge is -2.32. The predicted octanol–water partition coefficient (Wildman–Crippen LogP) is 5.37. The van der Waals surface area contributed by atoms with Crippen LogP contribution in [0, 0.1) is 5.92 Å². The largest absolute Gasteiger partial charge is 0.467 e. The standard InChI is InChI=1S/C25H25Cl2N3O3/c26-21-10-9-17(13-22(21)27)15-30-11-3-5-18(16-30)24(31)29-23-8-2-1-7-20(23)25(32)28-14-19-6-4-12-33-19/h1-2,4,6-10,12-13,18H,3,5,11,14-16H2,(H,28,32)(H,29,31). The van der Waals surface area contributed by atoms with Crippen molar-refractivity contribution in [3.63, 3.8) is 0 Å². The molecule has 6 nitrogen and oxygen atoms in total. The van der Waals surface area contributed by atoms with Crippen molar-refractivity contribution in [2.75, 3.05) is 18.4 Å². The summed E-state index contributed by atoms with van der Waals surface area (Å²) in [4.78, 5) is 28.0. The third-order valence-electron chi connectivity index (χ3n) is 5.70. The second-order valence-corrected chi connectivity index (χ2v) is 8.93. The molecule has 0 aliphatic carbocycles. The molecule has 1 fully saturated rings. The molecule has 1 aromatic heterocycles. The van der Waals surface area contributed by atoms with Crippen LogP contribution in [0.2, 0.25) is 10.0 Å². The Hall–Kier alpha value is -2.80. The van der Waals surface area contributed by atoms with Crippen LogP contribution in [0.25, 0.3) is 0 Å². The minimum atomic E-state index is -0.271. The number of furan rings is 1. The molecule has 3 aromatic rings.